The molecule has 2 rings (SSSR count). The molecule has 1 aromatic heterocycles. The molecule has 2 heterocycles. The van der Waals surface area contributed by atoms with Crippen molar-refractivity contribution in [3.8, 4) is 0 Å². The van der Waals surface area contributed by atoms with Gasteiger partial charge in [-0.3, -0.25) is 9.58 Å². The third-order valence-electron chi connectivity index (χ3n) is 3.65. The topological polar surface area (TPSA) is 42.3 Å². The zero-order chi connectivity index (χ0) is 13.1. The highest BCUT2D eigenvalue weighted by Crippen LogP contribution is 2.24. The summed E-state index contributed by atoms with van der Waals surface area (Å²) in [5.41, 5.74) is 2.45. The number of aromatic nitrogens is 2. The summed E-state index contributed by atoms with van der Waals surface area (Å²) < 4.78 is 7.64. The van der Waals surface area contributed by atoms with Crippen molar-refractivity contribution in [3.05, 3.63) is 17.5 Å². The molecule has 5 heteroatoms. The molecule has 2 unspecified atom stereocenters. The van der Waals surface area contributed by atoms with E-state index in [1.165, 1.54) is 5.56 Å². The Bertz CT molecular complexity index is 388. The number of hydrogen-bond acceptors (Lipinski definition) is 4. The minimum atomic E-state index is 0.295. The molecule has 102 valence electrons. The number of nitrogens with zero attached hydrogens (tertiary/aromatic N) is 3. The van der Waals surface area contributed by atoms with E-state index in [0.717, 1.165) is 31.9 Å². The second-order valence-corrected chi connectivity index (χ2v) is 5.06. The lowest BCUT2D eigenvalue weighted by molar-refractivity contribution is -0.0393. The van der Waals surface area contributed by atoms with Crippen molar-refractivity contribution in [2.45, 2.75) is 26.0 Å². The van der Waals surface area contributed by atoms with Crippen LogP contribution in [0.15, 0.2) is 6.20 Å². The van der Waals surface area contributed by atoms with E-state index in [4.69, 9.17) is 4.74 Å². The summed E-state index contributed by atoms with van der Waals surface area (Å²) in [5.74, 6) is 0. The van der Waals surface area contributed by atoms with Gasteiger partial charge in [0, 0.05) is 44.5 Å². The average Bonchev–Trinajstić information content (AvgIpc) is 2.68. The SMILES string of the molecule is CNCC1CN(C(C)c2cn(C)nc2C)CCO1. The predicted octanol–water partition coefficient (Wildman–Crippen LogP) is 0.710. The molecule has 1 aromatic rings. The number of morpholine rings is 1. The standard InChI is InChI=1S/C13H24N4O/c1-10-13(9-16(4)15-10)11(2)17-5-6-18-12(8-17)7-14-3/h9,11-12,14H,5-8H2,1-4H3. The van der Waals surface area contributed by atoms with E-state index < -0.39 is 0 Å². The van der Waals surface area contributed by atoms with Crippen LogP contribution in [0.4, 0.5) is 0 Å². The third kappa shape index (κ3) is 2.91. The molecule has 0 aromatic carbocycles. The fourth-order valence-corrected chi connectivity index (χ4v) is 2.67. The van der Waals surface area contributed by atoms with Gasteiger partial charge in [0.05, 0.1) is 18.4 Å². The van der Waals surface area contributed by atoms with Crippen molar-refractivity contribution in [3.63, 3.8) is 0 Å². The lowest BCUT2D eigenvalue weighted by Gasteiger charge is -2.36. The minimum Gasteiger partial charge on any atom is -0.374 e. The summed E-state index contributed by atoms with van der Waals surface area (Å²) in [4.78, 5) is 2.48. The Morgan fingerprint density at radius 2 is 2.39 bits per heavy atom. The normalized spacial score (nSPS) is 23.2. The van der Waals surface area contributed by atoms with E-state index in [1.807, 2.05) is 18.8 Å². The first-order valence-corrected chi connectivity index (χ1v) is 6.62. The predicted molar refractivity (Wildman–Crippen MR) is 71.6 cm³/mol. The van der Waals surface area contributed by atoms with Crippen LogP contribution in [-0.2, 0) is 11.8 Å². The maximum atomic E-state index is 5.75. The molecule has 5 nitrogen and oxygen atoms in total. The van der Waals surface area contributed by atoms with Crippen LogP contribution in [0.1, 0.15) is 24.2 Å². The minimum absolute atomic E-state index is 0.295. The van der Waals surface area contributed by atoms with Crippen molar-refractivity contribution in [2.24, 2.45) is 7.05 Å². The first kappa shape index (κ1) is 13.5. The van der Waals surface area contributed by atoms with Crippen LogP contribution >= 0.6 is 0 Å². The fraction of sp³-hybridized carbons (Fsp3) is 0.769. The van der Waals surface area contributed by atoms with Gasteiger partial charge in [0.2, 0.25) is 0 Å². The molecule has 0 bridgehead atoms. The van der Waals surface area contributed by atoms with Gasteiger partial charge >= 0.3 is 0 Å². The molecule has 0 saturated carbocycles. The molecule has 1 aliphatic rings. The summed E-state index contributed by atoms with van der Waals surface area (Å²) in [7, 11) is 3.95. The monoisotopic (exact) mass is 252 g/mol. The van der Waals surface area contributed by atoms with Crippen LogP contribution in [0.25, 0.3) is 0 Å². The van der Waals surface area contributed by atoms with Gasteiger partial charge in [0.15, 0.2) is 0 Å². The van der Waals surface area contributed by atoms with Gasteiger partial charge in [0.1, 0.15) is 0 Å². The molecule has 2 atom stereocenters. The highest BCUT2D eigenvalue weighted by molar-refractivity contribution is 5.19. The number of rotatable bonds is 4. The summed E-state index contributed by atoms with van der Waals surface area (Å²) in [6.45, 7) is 8.04. The quantitative estimate of drug-likeness (QED) is 0.857. The van der Waals surface area contributed by atoms with E-state index >= 15 is 0 Å². The Hall–Kier alpha value is -0.910. The van der Waals surface area contributed by atoms with Crippen molar-refractivity contribution in [2.75, 3.05) is 33.3 Å². The van der Waals surface area contributed by atoms with Crippen LogP contribution in [-0.4, -0.2) is 54.1 Å². The van der Waals surface area contributed by atoms with E-state index in [0.29, 0.717) is 12.1 Å². The second kappa shape index (κ2) is 5.82. The molecule has 1 aliphatic heterocycles. The molecule has 1 fully saturated rings. The van der Waals surface area contributed by atoms with Gasteiger partial charge in [0.25, 0.3) is 0 Å². The molecule has 1 N–H and O–H groups in total. The summed E-state index contributed by atoms with van der Waals surface area (Å²) in [5, 5.41) is 7.61. The molecule has 0 aliphatic carbocycles. The summed E-state index contributed by atoms with van der Waals surface area (Å²) in [6, 6.07) is 0.405. The maximum absolute atomic E-state index is 5.75. The molecule has 0 spiro atoms. The zero-order valence-electron chi connectivity index (χ0n) is 11.8. The van der Waals surface area contributed by atoms with Gasteiger partial charge in [-0.15, -0.1) is 0 Å². The number of likely N-dealkylation sites (N-methyl/N-ethyl adjacent to an activating group) is 1. The molecular weight excluding hydrogens is 228 g/mol. The molecule has 0 radical (unpaired) electrons. The van der Waals surface area contributed by atoms with Crippen LogP contribution < -0.4 is 5.32 Å². The van der Waals surface area contributed by atoms with E-state index in [2.05, 4.69) is 35.4 Å². The Balaban J connectivity index is 2.04. The van der Waals surface area contributed by atoms with E-state index in [9.17, 15) is 0 Å². The van der Waals surface area contributed by atoms with E-state index in [1.54, 1.807) is 0 Å². The van der Waals surface area contributed by atoms with Gasteiger partial charge < -0.3 is 10.1 Å². The molecule has 18 heavy (non-hydrogen) atoms. The first-order valence-electron chi connectivity index (χ1n) is 6.62. The van der Waals surface area contributed by atoms with Crippen molar-refractivity contribution >= 4 is 0 Å². The summed E-state index contributed by atoms with van der Waals surface area (Å²) >= 11 is 0. The van der Waals surface area contributed by atoms with Gasteiger partial charge in [-0.05, 0) is 20.9 Å². The maximum Gasteiger partial charge on any atom is 0.0826 e. The smallest absolute Gasteiger partial charge is 0.0826 e. The molecule has 1 saturated heterocycles. The van der Waals surface area contributed by atoms with Crippen LogP contribution in [0.2, 0.25) is 0 Å². The molecular formula is C13H24N4O. The van der Waals surface area contributed by atoms with Crippen molar-refractivity contribution in [1.82, 2.24) is 20.0 Å². The zero-order valence-corrected chi connectivity index (χ0v) is 11.8. The number of nitrogens with one attached hydrogen (secondary N) is 1. The number of hydrogen-bond donors (Lipinski definition) is 1. The fourth-order valence-electron chi connectivity index (χ4n) is 2.67. The van der Waals surface area contributed by atoms with Crippen molar-refractivity contribution < 1.29 is 4.74 Å². The second-order valence-electron chi connectivity index (χ2n) is 5.06. The Kier molecular flexibility index (Phi) is 4.37. The van der Waals surface area contributed by atoms with Gasteiger partial charge in [-0.25, -0.2) is 0 Å². The lowest BCUT2D eigenvalue weighted by atomic mass is 10.1. The Labute approximate surface area is 109 Å². The van der Waals surface area contributed by atoms with Crippen molar-refractivity contribution in [1.29, 1.82) is 0 Å². The highest BCUT2D eigenvalue weighted by atomic mass is 16.5. The Morgan fingerprint density at radius 3 is 3.00 bits per heavy atom. The summed E-state index contributed by atoms with van der Waals surface area (Å²) in [6.07, 6.45) is 2.42. The van der Waals surface area contributed by atoms with Gasteiger partial charge in [-0.2, -0.15) is 5.10 Å². The van der Waals surface area contributed by atoms with Crippen LogP contribution in [0.5, 0.6) is 0 Å². The number of ether oxygens (including phenoxy) is 1. The van der Waals surface area contributed by atoms with Crippen LogP contribution in [0.3, 0.4) is 0 Å². The highest BCUT2D eigenvalue weighted by Gasteiger charge is 2.26. The van der Waals surface area contributed by atoms with Crippen LogP contribution in [0, 0.1) is 6.92 Å². The lowest BCUT2D eigenvalue weighted by Crippen LogP contribution is -2.47. The largest absolute Gasteiger partial charge is 0.374 e. The molecule has 0 amide bonds. The van der Waals surface area contributed by atoms with E-state index in [-0.39, 0.29) is 0 Å². The third-order valence-corrected chi connectivity index (χ3v) is 3.65. The first-order chi connectivity index (χ1) is 8.61. The Morgan fingerprint density at radius 1 is 1.61 bits per heavy atom. The van der Waals surface area contributed by atoms with Gasteiger partial charge in [-0.1, -0.05) is 0 Å². The number of aryl methyl sites for hydroxylation is 2. The average molecular weight is 252 g/mol.